The van der Waals surface area contributed by atoms with E-state index in [-0.39, 0.29) is 0 Å². The van der Waals surface area contributed by atoms with Crippen LogP contribution in [-0.4, -0.2) is 86.8 Å². The quantitative estimate of drug-likeness (QED) is 0.651. The average Bonchev–Trinajstić information content (AvgIpc) is 2.75. The van der Waals surface area contributed by atoms with Crippen LogP contribution in [0.4, 0.5) is 0 Å². The van der Waals surface area contributed by atoms with Gasteiger partial charge in [-0.1, -0.05) is 0 Å². The Morgan fingerprint density at radius 3 is 2.83 bits per heavy atom. The molecular weight excluding hydrogens is 226 g/mol. The largest absolute Gasteiger partial charge is 0.379 e. The average molecular weight is 255 g/mol. The van der Waals surface area contributed by atoms with Crippen molar-refractivity contribution in [3.63, 3.8) is 0 Å². The summed E-state index contributed by atoms with van der Waals surface area (Å²) in [6, 6.07) is 1.51. The zero-order chi connectivity index (χ0) is 13.0. The van der Waals surface area contributed by atoms with Crippen LogP contribution in [0.25, 0.3) is 0 Å². The Bertz CT molecular complexity index is 247. The van der Waals surface area contributed by atoms with Gasteiger partial charge in [0.05, 0.1) is 13.2 Å². The lowest BCUT2D eigenvalue weighted by atomic mass is 10.1. The summed E-state index contributed by atoms with van der Waals surface area (Å²) in [4.78, 5) is 7.45. The molecule has 0 aromatic carbocycles. The van der Waals surface area contributed by atoms with Gasteiger partial charge in [0, 0.05) is 38.3 Å². The molecular formula is C14H29N3O. The van der Waals surface area contributed by atoms with Crippen LogP contribution in [0.3, 0.4) is 0 Å². The van der Waals surface area contributed by atoms with Gasteiger partial charge >= 0.3 is 0 Å². The van der Waals surface area contributed by atoms with E-state index in [4.69, 9.17) is 4.74 Å². The molecule has 18 heavy (non-hydrogen) atoms. The highest BCUT2D eigenvalue weighted by Crippen LogP contribution is 2.24. The van der Waals surface area contributed by atoms with E-state index in [1.165, 1.54) is 32.5 Å². The third-order valence-corrected chi connectivity index (χ3v) is 4.27. The van der Waals surface area contributed by atoms with Crippen LogP contribution in [0.15, 0.2) is 0 Å². The summed E-state index contributed by atoms with van der Waals surface area (Å²) in [5, 5.41) is 0. The van der Waals surface area contributed by atoms with Crippen molar-refractivity contribution in [2.45, 2.75) is 31.8 Å². The van der Waals surface area contributed by atoms with Gasteiger partial charge in [-0.15, -0.1) is 0 Å². The molecule has 0 aromatic rings. The Morgan fingerprint density at radius 2 is 2.06 bits per heavy atom. The molecule has 0 spiro atoms. The maximum Gasteiger partial charge on any atom is 0.0594 e. The smallest absolute Gasteiger partial charge is 0.0594 e. The molecule has 2 unspecified atom stereocenters. The van der Waals surface area contributed by atoms with Gasteiger partial charge in [0.15, 0.2) is 0 Å². The van der Waals surface area contributed by atoms with E-state index in [9.17, 15) is 0 Å². The molecule has 2 atom stereocenters. The number of hydrogen-bond acceptors (Lipinski definition) is 4. The Labute approximate surface area is 112 Å². The van der Waals surface area contributed by atoms with E-state index in [2.05, 4.69) is 35.7 Å². The molecule has 0 aromatic heterocycles. The summed E-state index contributed by atoms with van der Waals surface area (Å²) in [7, 11) is 4.18. The van der Waals surface area contributed by atoms with E-state index < -0.39 is 0 Å². The van der Waals surface area contributed by atoms with Gasteiger partial charge in [-0.3, -0.25) is 9.80 Å². The second kappa shape index (κ2) is 6.85. The number of nitrogens with zero attached hydrogens (tertiary/aromatic N) is 3. The van der Waals surface area contributed by atoms with Gasteiger partial charge in [0.1, 0.15) is 0 Å². The fraction of sp³-hybridized carbons (Fsp3) is 1.00. The Morgan fingerprint density at radius 1 is 1.22 bits per heavy atom. The fourth-order valence-electron chi connectivity index (χ4n) is 3.09. The predicted molar refractivity (Wildman–Crippen MR) is 75.0 cm³/mol. The van der Waals surface area contributed by atoms with Crippen LogP contribution in [-0.2, 0) is 4.74 Å². The fourth-order valence-corrected chi connectivity index (χ4v) is 3.09. The third-order valence-electron chi connectivity index (χ3n) is 4.27. The molecule has 4 nitrogen and oxygen atoms in total. The van der Waals surface area contributed by atoms with E-state index in [0.29, 0.717) is 6.04 Å². The van der Waals surface area contributed by atoms with Crippen molar-refractivity contribution < 1.29 is 4.74 Å². The zero-order valence-electron chi connectivity index (χ0n) is 12.3. The number of hydrogen-bond donors (Lipinski definition) is 0. The van der Waals surface area contributed by atoms with Gasteiger partial charge in [-0.25, -0.2) is 0 Å². The highest BCUT2D eigenvalue weighted by molar-refractivity contribution is 4.90. The van der Waals surface area contributed by atoms with Crippen molar-refractivity contribution in [3.05, 3.63) is 0 Å². The molecule has 2 fully saturated rings. The van der Waals surface area contributed by atoms with Crippen LogP contribution in [0.5, 0.6) is 0 Å². The summed E-state index contributed by atoms with van der Waals surface area (Å²) in [6.45, 7) is 10.0. The van der Waals surface area contributed by atoms with Gasteiger partial charge in [-0.2, -0.15) is 0 Å². The van der Waals surface area contributed by atoms with Crippen LogP contribution in [0, 0.1) is 0 Å². The molecule has 0 saturated carbocycles. The summed E-state index contributed by atoms with van der Waals surface area (Å²) in [5.41, 5.74) is 0. The maximum absolute atomic E-state index is 5.71. The molecule has 2 saturated heterocycles. The van der Waals surface area contributed by atoms with Crippen molar-refractivity contribution in [3.8, 4) is 0 Å². The SMILES string of the molecule is CC1CN2CCCC2CN1CCOCCN(C)C. The first-order valence-corrected chi connectivity index (χ1v) is 7.37. The van der Waals surface area contributed by atoms with Crippen molar-refractivity contribution in [1.82, 2.24) is 14.7 Å². The van der Waals surface area contributed by atoms with Crippen molar-refractivity contribution in [1.29, 1.82) is 0 Å². The van der Waals surface area contributed by atoms with E-state index in [0.717, 1.165) is 32.3 Å². The summed E-state index contributed by atoms with van der Waals surface area (Å²) in [5.74, 6) is 0. The standard InChI is InChI=1S/C14H29N3O/c1-13-11-17-6-4-5-14(17)12-16(13)8-10-18-9-7-15(2)3/h13-14H,4-12H2,1-3H3. The molecule has 0 amide bonds. The first kappa shape index (κ1) is 14.3. The highest BCUT2D eigenvalue weighted by Gasteiger charge is 2.33. The first-order chi connectivity index (χ1) is 8.66. The minimum Gasteiger partial charge on any atom is -0.379 e. The van der Waals surface area contributed by atoms with Crippen LogP contribution < -0.4 is 0 Å². The highest BCUT2D eigenvalue weighted by atomic mass is 16.5. The lowest BCUT2D eigenvalue weighted by Crippen LogP contribution is -2.55. The van der Waals surface area contributed by atoms with Crippen molar-refractivity contribution in [2.24, 2.45) is 0 Å². The lowest BCUT2D eigenvalue weighted by Gasteiger charge is -2.42. The third kappa shape index (κ3) is 3.92. The normalized spacial score (nSPS) is 30.0. The molecule has 0 aliphatic carbocycles. The molecule has 106 valence electrons. The number of likely N-dealkylation sites (N-methyl/N-ethyl adjacent to an activating group) is 1. The monoisotopic (exact) mass is 255 g/mol. The first-order valence-electron chi connectivity index (χ1n) is 7.37. The number of ether oxygens (including phenoxy) is 1. The predicted octanol–water partition coefficient (Wildman–Crippen LogP) is 0.733. The minimum atomic E-state index is 0.691. The number of piperazine rings is 1. The maximum atomic E-state index is 5.71. The van der Waals surface area contributed by atoms with Gasteiger partial charge < -0.3 is 9.64 Å². The van der Waals surface area contributed by atoms with Crippen LogP contribution >= 0.6 is 0 Å². The zero-order valence-corrected chi connectivity index (χ0v) is 12.3. The molecule has 0 N–H and O–H groups in total. The van der Waals surface area contributed by atoms with Crippen LogP contribution in [0.2, 0.25) is 0 Å². The Kier molecular flexibility index (Phi) is 5.42. The van der Waals surface area contributed by atoms with Gasteiger partial charge in [0.25, 0.3) is 0 Å². The Hall–Kier alpha value is -0.160. The molecule has 4 heteroatoms. The van der Waals surface area contributed by atoms with E-state index >= 15 is 0 Å². The van der Waals surface area contributed by atoms with E-state index in [1.807, 2.05) is 0 Å². The molecule has 0 radical (unpaired) electrons. The molecule has 2 aliphatic heterocycles. The van der Waals surface area contributed by atoms with Gasteiger partial charge in [0.2, 0.25) is 0 Å². The van der Waals surface area contributed by atoms with Crippen LogP contribution in [0.1, 0.15) is 19.8 Å². The summed E-state index contributed by atoms with van der Waals surface area (Å²) in [6.07, 6.45) is 2.79. The topological polar surface area (TPSA) is 19.0 Å². The summed E-state index contributed by atoms with van der Waals surface area (Å²) < 4.78 is 5.71. The molecule has 2 aliphatic rings. The Balaban J connectivity index is 1.63. The minimum absolute atomic E-state index is 0.691. The molecule has 0 bridgehead atoms. The van der Waals surface area contributed by atoms with E-state index in [1.54, 1.807) is 0 Å². The second-order valence-corrected chi connectivity index (χ2v) is 6.05. The summed E-state index contributed by atoms with van der Waals surface area (Å²) >= 11 is 0. The number of fused-ring (bicyclic) bond motifs is 1. The number of rotatable bonds is 6. The second-order valence-electron chi connectivity index (χ2n) is 6.05. The lowest BCUT2D eigenvalue weighted by molar-refractivity contribution is 0.0283. The van der Waals surface area contributed by atoms with Gasteiger partial charge in [-0.05, 0) is 40.4 Å². The van der Waals surface area contributed by atoms with Crippen molar-refractivity contribution >= 4 is 0 Å². The van der Waals surface area contributed by atoms with Crippen molar-refractivity contribution in [2.75, 3.05) is 60.0 Å². The molecule has 2 heterocycles. The molecule has 2 rings (SSSR count).